The van der Waals surface area contributed by atoms with E-state index in [1.165, 1.54) is 70.6 Å². The molecule has 0 amide bonds. The van der Waals surface area contributed by atoms with Gasteiger partial charge in [0.25, 0.3) is 0 Å². The zero-order valence-electron chi connectivity index (χ0n) is 57.0. The molecule has 0 radical (unpaired) electrons. The van der Waals surface area contributed by atoms with Crippen molar-refractivity contribution in [1.29, 1.82) is 0 Å². The summed E-state index contributed by atoms with van der Waals surface area (Å²) < 4.78 is 0. The molecule has 4 atom stereocenters. The minimum Gasteiger partial charge on any atom is -0.313 e. The largest absolute Gasteiger partial charge is 0.313 e. The van der Waals surface area contributed by atoms with Crippen LogP contribution in [0.4, 0.5) is 0 Å². The SMILES string of the molecule is CC(C)C/C=C/CC(C)C.CC(C)C/C=C/CNCC(C)C.CC(C)C/C=C\CC(C)C.CC(C)CC#CCC(C)C.CC(C)CC1CC1CC(C)C.CC(C)CC1CC1CC(C)C.CC(C)CC=C=CCC(C)C. The Bertz CT molecular complexity index is 1230. The van der Waals surface area contributed by atoms with Crippen LogP contribution in [0.3, 0.4) is 0 Å². The fourth-order valence-electron chi connectivity index (χ4n) is 7.82. The molecule has 0 spiro atoms. The van der Waals surface area contributed by atoms with E-state index < -0.39 is 0 Å². The topological polar surface area (TPSA) is 12.0 Å². The highest BCUT2D eigenvalue weighted by Gasteiger charge is 2.37. The first-order valence-corrected chi connectivity index (χ1v) is 32.3. The van der Waals surface area contributed by atoms with Gasteiger partial charge in [0.1, 0.15) is 0 Å². The van der Waals surface area contributed by atoms with E-state index in [0.717, 1.165) is 145 Å². The Balaban J connectivity index is -0.000000254. The predicted molar refractivity (Wildman–Crippen MR) is 352 cm³/mol. The first-order chi connectivity index (χ1) is 34.8. The van der Waals surface area contributed by atoms with Crippen molar-refractivity contribution in [1.82, 2.24) is 5.32 Å². The molecule has 75 heavy (non-hydrogen) atoms. The van der Waals surface area contributed by atoms with Crippen LogP contribution < -0.4 is 5.32 Å². The van der Waals surface area contributed by atoms with Gasteiger partial charge in [0.15, 0.2) is 0 Å². The molecule has 2 rings (SSSR count). The Morgan fingerprint density at radius 3 is 0.733 bits per heavy atom. The van der Waals surface area contributed by atoms with E-state index in [0.29, 0.717) is 0 Å². The van der Waals surface area contributed by atoms with E-state index in [1.54, 1.807) is 0 Å². The van der Waals surface area contributed by atoms with Crippen LogP contribution in [0.5, 0.6) is 0 Å². The molecular weight excluding hydrogens is 903 g/mol. The molecule has 446 valence electrons. The zero-order valence-corrected chi connectivity index (χ0v) is 57.0. The highest BCUT2D eigenvalue weighted by molar-refractivity contribution is 4.99. The average molecular weight is 1050 g/mol. The number of rotatable bonds is 28. The lowest BCUT2D eigenvalue weighted by Crippen LogP contribution is -2.19. The maximum atomic E-state index is 3.37. The smallest absolute Gasteiger partial charge is 0.0135 e. The Labute approximate surface area is 479 Å². The summed E-state index contributed by atoms with van der Waals surface area (Å²) in [4.78, 5) is 0. The van der Waals surface area contributed by atoms with E-state index in [4.69, 9.17) is 0 Å². The maximum Gasteiger partial charge on any atom is 0.0135 e. The molecule has 0 saturated heterocycles. The molecule has 2 saturated carbocycles. The van der Waals surface area contributed by atoms with Gasteiger partial charge in [-0.3, -0.25) is 0 Å². The first kappa shape index (κ1) is 82.1. The highest BCUT2D eigenvalue weighted by Crippen LogP contribution is 2.47. The summed E-state index contributed by atoms with van der Waals surface area (Å²) in [6, 6.07) is 0. The first-order valence-electron chi connectivity index (χ1n) is 32.3. The monoisotopic (exact) mass is 1050 g/mol. The summed E-state index contributed by atoms with van der Waals surface area (Å²) in [7, 11) is 0. The van der Waals surface area contributed by atoms with Gasteiger partial charge >= 0.3 is 0 Å². The third kappa shape index (κ3) is 86.4. The molecule has 0 aromatic rings. The summed E-state index contributed by atoms with van der Waals surface area (Å²) in [5.74, 6) is 22.1. The molecule has 0 bridgehead atoms. The van der Waals surface area contributed by atoms with Crippen molar-refractivity contribution in [2.24, 2.45) is 107 Å². The quantitative estimate of drug-likeness (QED) is 0.0356. The van der Waals surface area contributed by atoms with Crippen LogP contribution in [0.1, 0.15) is 290 Å². The molecule has 0 heterocycles. The van der Waals surface area contributed by atoms with Gasteiger partial charge < -0.3 is 5.32 Å². The normalized spacial score (nSPS) is 16.8. The number of nitrogens with one attached hydrogen (secondary N) is 1. The van der Waals surface area contributed by atoms with Crippen molar-refractivity contribution >= 4 is 0 Å². The summed E-state index contributed by atoms with van der Waals surface area (Å²) in [5, 5.41) is 3.37. The van der Waals surface area contributed by atoms with Crippen molar-refractivity contribution in [3.05, 3.63) is 54.3 Å². The van der Waals surface area contributed by atoms with E-state index in [2.05, 4.69) is 265 Å². The molecule has 1 nitrogen and oxygen atoms in total. The molecule has 0 aliphatic heterocycles. The molecule has 2 aliphatic carbocycles. The zero-order chi connectivity index (χ0) is 58.9. The summed E-state index contributed by atoms with van der Waals surface area (Å²) in [5.41, 5.74) is 3.20. The Kier molecular flexibility index (Phi) is 60.8. The number of hydrogen-bond acceptors (Lipinski definition) is 1. The van der Waals surface area contributed by atoms with Gasteiger partial charge in [0.2, 0.25) is 0 Å². The van der Waals surface area contributed by atoms with Gasteiger partial charge in [0.05, 0.1) is 0 Å². The fraction of sp³-hybridized carbons (Fsp3) is 0.851. The van der Waals surface area contributed by atoms with Crippen LogP contribution >= 0.6 is 0 Å². The Morgan fingerprint density at radius 1 is 0.293 bits per heavy atom. The van der Waals surface area contributed by atoms with Crippen molar-refractivity contribution in [3.8, 4) is 11.8 Å². The molecule has 2 fully saturated rings. The Morgan fingerprint density at radius 2 is 0.533 bits per heavy atom. The van der Waals surface area contributed by atoms with Crippen LogP contribution in [0.25, 0.3) is 0 Å². The molecule has 1 N–H and O–H groups in total. The van der Waals surface area contributed by atoms with Gasteiger partial charge in [-0.1, -0.05) is 230 Å². The van der Waals surface area contributed by atoms with Crippen molar-refractivity contribution in [3.63, 3.8) is 0 Å². The van der Waals surface area contributed by atoms with Gasteiger partial charge in [-0.15, -0.1) is 17.6 Å². The minimum atomic E-state index is 0.722. The second kappa shape index (κ2) is 55.6. The number of allylic oxidation sites excluding steroid dienone is 6. The predicted octanol–water partition coefficient (Wildman–Crippen LogP) is 24.4. The third-order valence-corrected chi connectivity index (χ3v) is 12.1. The summed E-state index contributed by atoms with van der Waals surface area (Å²) in [6.45, 7) is 65.5. The summed E-state index contributed by atoms with van der Waals surface area (Å²) >= 11 is 0. The number of hydrogen-bond donors (Lipinski definition) is 1. The lowest BCUT2D eigenvalue weighted by molar-refractivity contribution is 0.464. The van der Waals surface area contributed by atoms with E-state index in [1.807, 2.05) is 0 Å². The maximum absolute atomic E-state index is 3.37. The molecule has 2 aliphatic rings. The van der Waals surface area contributed by atoms with E-state index in [-0.39, 0.29) is 0 Å². The van der Waals surface area contributed by atoms with Gasteiger partial charge in [-0.05, 0) is 209 Å². The van der Waals surface area contributed by atoms with E-state index >= 15 is 0 Å². The standard InChI is InChI=1S/C11H23N.2C11H22.C11H20.2C10H20.C10H18/c1-10(2)7-5-6-8-12-9-11(3)4;2*1-8(2)5-10-7-11(10)6-9(3)4;1-10(2)8-6-5-7-9-11(3)4;3*1-9(2)7-5-6-8-10(3)4/h5-6,10-12H,7-9H2,1-4H3;2*8-11H,5-7H2,1-4H3;6-7,10-11H,8-9H2,1-4H3;2*5-6,9-10H,7-8H2,1-4H3;9-10H,7-8H2,1-4H3/b6-5+;;;;6-5+;6-5-;. The lowest BCUT2D eigenvalue weighted by Gasteiger charge is -2.05. The minimum absolute atomic E-state index is 0.722. The van der Waals surface area contributed by atoms with Gasteiger partial charge in [-0.25, -0.2) is 0 Å². The summed E-state index contributed by atoms with van der Waals surface area (Å²) in [6.07, 6.45) is 37.4. The lowest BCUT2D eigenvalue weighted by atomic mass is 10.0. The van der Waals surface area contributed by atoms with Crippen LogP contribution in [-0.2, 0) is 0 Å². The van der Waals surface area contributed by atoms with Crippen LogP contribution in [0.15, 0.2) is 54.3 Å². The van der Waals surface area contributed by atoms with Crippen molar-refractivity contribution < 1.29 is 0 Å². The second-order valence-corrected chi connectivity index (χ2v) is 29.0. The highest BCUT2D eigenvalue weighted by atomic mass is 14.8. The second-order valence-electron chi connectivity index (χ2n) is 29.0. The van der Waals surface area contributed by atoms with Crippen LogP contribution in [0.2, 0.25) is 0 Å². The molecule has 0 aromatic heterocycles. The van der Waals surface area contributed by atoms with Crippen molar-refractivity contribution in [2.75, 3.05) is 13.1 Å². The van der Waals surface area contributed by atoms with Gasteiger partial charge in [-0.2, -0.15) is 0 Å². The van der Waals surface area contributed by atoms with Crippen LogP contribution in [-0.4, -0.2) is 13.1 Å². The Hall–Kier alpha value is -1.74. The van der Waals surface area contributed by atoms with Gasteiger partial charge in [0, 0.05) is 19.4 Å². The molecule has 1 heteroatoms. The third-order valence-electron chi connectivity index (χ3n) is 12.1. The van der Waals surface area contributed by atoms with Crippen molar-refractivity contribution in [2.45, 2.75) is 290 Å². The van der Waals surface area contributed by atoms with Crippen LogP contribution in [0, 0.1) is 118 Å². The van der Waals surface area contributed by atoms with E-state index in [9.17, 15) is 0 Å². The molecule has 4 unspecified atom stereocenters. The molecular formula is C74H145N. The average Bonchev–Trinajstić information content (AvgIpc) is 4.18. The fourth-order valence-corrected chi connectivity index (χ4v) is 7.82. The molecule has 0 aromatic carbocycles.